The Bertz CT molecular complexity index is 817. The number of hydrogen-bond acceptors (Lipinski definition) is 6. The van der Waals surface area contributed by atoms with E-state index in [0.29, 0.717) is 11.8 Å². The van der Waals surface area contributed by atoms with Crippen LogP contribution in [0, 0.1) is 0 Å². The van der Waals surface area contributed by atoms with E-state index in [-0.39, 0.29) is 12.1 Å². The Labute approximate surface area is 133 Å². The van der Waals surface area contributed by atoms with E-state index in [4.69, 9.17) is 0 Å². The van der Waals surface area contributed by atoms with Gasteiger partial charge in [-0.25, -0.2) is 4.98 Å². The van der Waals surface area contributed by atoms with Crippen molar-refractivity contribution in [3.63, 3.8) is 0 Å². The minimum Gasteiger partial charge on any atom is -0.391 e. The highest BCUT2D eigenvalue weighted by molar-refractivity contribution is 5.75. The quantitative estimate of drug-likeness (QED) is 0.768. The van der Waals surface area contributed by atoms with Crippen LogP contribution in [-0.4, -0.2) is 42.2 Å². The number of nitrogens with one attached hydrogen (secondary N) is 1. The Hall–Kier alpha value is -2.54. The molecule has 0 radical (unpaired) electrons. The summed E-state index contributed by atoms with van der Waals surface area (Å²) in [6, 6.07) is 9.54. The van der Waals surface area contributed by atoms with Gasteiger partial charge in [0.2, 0.25) is 5.95 Å². The van der Waals surface area contributed by atoms with Crippen molar-refractivity contribution in [3.05, 3.63) is 36.5 Å². The zero-order valence-electron chi connectivity index (χ0n) is 12.6. The second-order valence-corrected chi connectivity index (χ2v) is 5.83. The van der Waals surface area contributed by atoms with Crippen LogP contribution >= 0.6 is 0 Å². The summed E-state index contributed by atoms with van der Waals surface area (Å²) in [5.74, 6) is 1.16. The molecule has 2 heterocycles. The normalized spacial score (nSPS) is 21.4. The van der Waals surface area contributed by atoms with Crippen molar-refractivity contribution in [2.75, 3.05) is 5.32 Å². The molecule has 2 N–H and O–H groups in total. The SMILES string of the molecule is OC1CCCCC1Nc1nccc(-n2nnc3ccccc32)n1. The Balaban J connectivity index is 1.63. The van der Waals surface area contributed by atoms with Gasteiger partial charge in [-0.1, -0.05) is 30.2 Å². The minimum atomic E-state index is -0.344. The van der Waals surface area contributed by atoms with Gasteiger partial charge in [-0.15, -0.1) is 5.10 Å². The van der Waals surface area contributed by atoms with Crippen molar-refractivity contribution < 1.29 is 5.11 Å². The molecule has 0 aliphatic heterocycles. The number of aliphatic hydroxyl groups excluding tert-OH is 1. The molecule has 2 aromatic heterocycles. The number of anilines is 1. The van der Waals surface area contributed by atoms with E-state index < -0.39 is 0 Å². The smallest absolute Gasteiger partial charge is 0.224 e. The largest absolute Gasteiger partial charge is 0.391 e. The van der Waals surface area contributed by atoms with E-state index in [0.717, 1.165) is 36.7 Å². The first-order valence-corrected chi connectivity index (χ1v) is 7.90. The molecule has 0 amide bonds. The second-order valence-electron chi connectivity index (χ2n) is 5.83. The first-order valence-electron chi connectivity index (χ1n) is 7.90. The Morgan fingerprint density at radius 3 is 2.91 bits per heavy atom. The van der Waals surface area contributed by atoms with Crippen LogP contribution < -0.4 is 5.32 Å². The minimum absolute atomic E-state index is 0.00601. The van der Waals surface area contributed by atoms with Crippen LogP contribution in [0.4, 0.5) is 5.95 Å². The number of aliphatic hydroxyl groups is 1. The number of benzene rings is 1. The molecule has 2 unspecified atom stereocenters. The third-order valence-electron chi connectivity index (χ3n) is 4.25. The van der Waals surface area contributed by atoms with E-state index in [1.807, 2.05) is 24.3 Å². The first kappa shape index (κ1) is 14.1. The number of rotatable bonds is 3. The summed E-state index contributed by atoms with van der Waals surface area (Å²) in [5, 5.41) is 21.6. The Morgan fingerprint density at radius 1 is 1.13 bits per heavy atom. The number of fused-ring (bicyclic) bond motifs is 1. The molecule has 23 heavy (non-hydrogen) atoms. The van der Waals surface area contributed by atoms with Crippen LogP contribution in [0.25, 0.3) is 16.9 Å². The van der Waals surface area contributed by atoms with Gasteiger partial charge in [0.15, 0.2) is 5.82 Å². The fraction of sp³-hybridized carbons (Fsp3) is 0.375. The summed E-state index contributed by atoms with van der Waals surface area (Å²) < 4.78 is 1.69. The number of aromatic nitrogens is 5. The third-order valence-corrected chi connectivity index (χ3v) is 4.25. The van der Waals surface area contributed by atoms with Gasteiger partial charge in [0.05, 0.1) is 17.7 Å². The summed E-state index contributed by atoms with van der Waals surface area (Å²) in [4.78, 5) is 8.78. The highest BCUT2D eigenvalue weighted by atomic mass is 16.3. The molecule has 1 aromatic carbocycles. The summed E-state index contributed by atoms with van der Waals surface area (Å²) in [5.41, 5.74) is 1.72. The number of nitrogens with zero attached hydrogens (tertiary/aromatic N) is 5. The van der Waals surface area contributed by atoms with Gasteiger partial charge in [0.1, 0.15) is 5.52 Å². The summed E-state index contributed by atoms with van der Waals surface area (Å²) in [6.07, 6.45) is 5.29. The van der Waals surface area contributed by atoms with Gasteiger partial charge in [0.25, 0.3) is 0 Å². The lowest BCUT2D eigenvalue weighted by Crippen LogP contribution is -2.36. The lowest BCUT2D eigenvalue weighted by Gasteiger charge is -2.28. The predicted molar refractivity (Wildman–Crippen MR) is 86.3 cm³/mol. The third kappa shape index (κ3) is 2.75. The molecule has 1 fully saturated rings. The average Bonchev–Trinajstić information content (AvgIpc) is 3.01. The molecule has 3 aromatic rings. The van der Waals surface area contributed by atoms with Gasteiger partial charge >= 0.3 is 0 Å². The maximum Gasteiger partial charge on any atom is 0.224 e. The maximum absolute atomic E-state index is 10.1. The molecule has 1 aliphatic rings. The van der Waals surface area contributed by atoms with Crippen molar-refractivity contribution in [3.8, 4) is 5.82 Å². The number of para-hydroxylation sites is 1. The first-order chi connectivity index (χ1) is 11.3. The molecular weight excluding hydrogens is 292 g/mol. The lowest BCUT2D eigenvalue weighted by molar-refractivity contribution is 0.116. The molecular formula is C16H18N6O. The van der Waals surface area contributed by atoms with Gasteiger partial charge in [-0.3, -0.25) is 0 Å². The molecule has 0 spiro atoms. The van der Waals surface area contributed by atoms with Gasteiger partial charge in [-0.05, 0) is 25.0 Å². The van der Waals surface area contributed by atoms with Crippen molar-refractivity contribution in [2.24, 2.45) is 0 Å². The highest BCUT2D eigenvalue weighted by Gasteiger charge is 2.23. The van der Waals surface area contributed by atoms with Crippen LogP contribution in [0.3, 0.4) is 0 Å². The zero-order valence-corrected chi connectivity index (χ0v) is 12.6. The summed E-state index contributed by atoms with van der Waals surface area (Å²) >= 11 is 0. The monoisotopic (exact) mass is 310 g/mol. The van der Waals surface area contributed by atoms with E-state index in [1.165, 1.54) is 0 Å². The maximum atomic E-state index is 10.1. The number of hydrogen-bond donors (Lipinski definition) is 2. The van der Waals surface area contributed by atoms with E-state index in [9.17, 15) is 5.11 Å². The van der Waals surface area contributed by atoms with Crippen LogP contribution in [0.1, 0.15) is 25.7 Å². The van der Waals surface area contributed by atoms with Crippen LogP contribution in [0.2, 0.25) is 0 Å². The van der Waals surface area contributed by atoms with Gasteiger partial charge < -0.3 is 10.4 Å². The van der Waals surface area contributed by atoms with E-state index >= 15 is 0 Å². The van der Waals surface area contributed by atoms with Crippen molar-refractivity contribution in [1.29, 1.82) is 0 Å². The standard InChI is InChI=1S/C16H18N6O/c23-14-8-4-2-6-12(14)18-16-17-10-9-15(19-16)22-13-7-3-1-5-11(13)20-21-22/h1,3,5,7,9-10,12,14,23H,2,4,6,8H2,(H,17,18,19). The topological polar surface area (TPSA) is 88.8 Å². The molecule has 0 saturated heterocycles. The van der Waals surface area contributed by atoms with Crippen LogP contribution in [0.5, 0.6) is 0 Å². The van der Waals surface area contributed by atoms with Gasteiger partial charge in [-0.2, -0.15) is 9.67 Å². The Kier molecular flexibility index (Phi) is 3.63. The van der Waals surface area contributed by atoms with Crippen molar-refractivity contribution in [2.45, 2.75) is 37.8 Å². The van der Waals surface area contributed by atoms with Crippen molar-refractivity contribution >= 4 is 17.0 Å². The Morgan fingerprint density at radius 2 is 2.00 bits per heavy atom. The van der Waals surface area contributed by atoms with Crippen LogP contribution in [0.15, 0.2) is 36.5 Å². The molecule has 7 heteroatoms. The van der Waals surface area contributed by atoms with E-state index in [2.05, 4.69) is 25.6 Å². The molecule has 1 saturated carbocycles. The fourth-order valence-corrected chi connectivity index (χ4v) is 3.02. The predicted octanol–water partition coefficient (Wildman–Crippen LogP) is 1.93. The molecule has 0 bridgehead atoms. The summed E-state index contributed by atoms with van der Waals surface area (Å²) in [7, 11) is 0. The highest BCUT2D eigenvalue weighted by Crippen LogP contribution is 2.21. The second kappa shape index (κ2) is 5.92. The molecule has 4 rings (SSSR count). The zero-order chi connectivity index (χ0) is 15.6. The lowest BCUT2D eigenvalue weighted by atomic mass is 9.93. The molecule has 7 nitrogen and oxygen atoms in total. The fourth-order valence-electron chi connectivity index (χ4n) is 3.02. The van der Waals surface area contributed by atoms with Gasteiger partial charge in [0, 0.05) is 12.3 Å². The van der Waals surface area contributed by atoms with Crippen LogP contribution in [-0.2, 0) is 0 Å². The summed E-state index contributed by atoms with van der Waals surface area (Å²) in [6.45, 7) is 0. The van der Waals surface area contributed by atoms with E-state index in [1.54, 1.807) is 16.9 Å². The molecule has 118 valence electrons. The van der Waals surface area contributed by atoms with Crippen molar-refractivity contribution in [1.82, 2.24) is 25.0 Å². The molecule has 1 aliphatic carbocycles. The average molecular weight is 310 g/mol. The molecule has 2 atom stereocenters.